The molecular weight excluding hydrogens is 180 g/mol. The molecule has 0 spiro atoms. The maximum absolute atomic E-state index is 10.2. The number of aromatic carboxylic acids is 1. The molecule has 5 heteroatoms. The van der Waals surface area contributed by atoms with E-state index in [0.29, 0.717) is 0 Å². The van der Waals surface area contributed by atoms with Crippen LogP contribution in [0.4, 0.5) is 0 Å². The van der Waals surface area contributed by atoms with E-state index in [4.69, 9.17) is 16.7 Å². The van der Waals surface area contributed by atoms with Crippen molar-refractivity contribution in [2.45, 2.75) is 13.8 Å². The zero-order valence-electron chi connectivity index (χ0n) is 6.78. The maximum Gasteiger partial charge on any atom is 0.356 e. The van der Waals surface area contributed by atoms with Crippen LogP contribution in [0.1, 0.15) is 24.3 Å². The largest absolute Gasteiger partial charge is 0.476 e. The van der Waals surface area contributed by atoms with Gasteiger partial charge in [0.15, 0.2) is 5.69 Å². The second kappa shape index (κ2) is 5.49. The van der Waals surface area contributed by atoms with Crippen LogP contribution in [0.15, 0.2) is 12.4 Å². The minimum absolute atomic E-state index is 0.107. The van der Waals surface area contributed by atoms with Crippen LogP contribution in [0.2, 0.25) is 5.15 Å². The van der Waals surface area contributed by atoms with Gasteiger partial charge in [0, 0.05) is 0 Å². The number of rotatable bonds is 1. The molecule has 1 aromatic rings. The van der Waals surface area contributed by atoms with Crippen LogP contribution in [-0.2, 0) is 0 Å². The van der Waals surface area contributed by atoms with Crippen molar-refractivity contribution in [3.05, 3.63) is 23.2 Å². The van der Waals surface area contributed by atoms with Crippen molar-refractivity contribution in [3.8, 4) is 0 Å². The van der Waals surface area contributed by atoms with Gasteiger partial charge >= 0.3 is 5.97 Å². The lowest BCUT2D eigenvalue weighted by atomic mass is 10.5. The summed E-state index contributed by atoms with van der Waals surface area (Å²) < 4.78 is 0. The molecular formula is C7H9ClN2O2. The topological polar surface area (TPSA) is 63.1 Å². The van der Waals surface area contributed by atoms with Crippen molar-refractivity contribution in [2.75, 3.05) is 0 Å². The number of hydrogen-bond acceptors (Lipinski definition) is 3. The Bertz CT molecular complexity index is 248. The van der Waals surface area contributed by atoms with E-state index in [-0.39, 0.29) is 10.8 Å². The first-order valence-corrected chi connectivity index (χ1v) is 3.79. The molecule has 0 unspecified atom stereocenters. The van der Waals surface area contributed by atoms with Crippen LogP contribution >= 0.6 is 11.6 Å². The van der Waals surface area contributed by atoms with Gasteiger partial charge in [-0.1, -0.05) is 25.4 Å². The Morgan fingerprint density at radius 1 is 1.42 bits per heavy atom. The summed E-state index contributed by atoms with van der Waals surface area (Å²) in [5, 5.41) is 8.52. The average Bonchev–Trinajstić information content (AvgIpc) is 2.09. The second-order valence-corrected chi connectivity index (χ2v) is 1.92. The number of carboxylic acid groups (broad SMARTS) is 1. The molecule has 0 atom stereocenters. The van der Waals surface area contributed by atoms with Crippen LogP contribution in [0, 0.1) is 0 Å². The summed E-state index contributed by atoms with van der Waals surface area (Å²) in [6.45, 7) is 4.00. The molecule has 4 nitrogen and oxygen atoms in total. The van der Waals surface area contributed by atoms with Gasteiger partial charge < -0.3 is 5.11 Å². The average molecular weight is 189 g/mol. The molecule has 0 saturated carbocycles. The molecule has 0 saturated heterocycles. The van der Waals surface area contributed by atoms with Gasteiger partial charge in [-0.05, 0) is 0 Å². The van der Waals surface area contributed by atoms with Crippen molar-refractivity contribution < 1.29 is 9.90 Å². The number of halogens is 1. The lowest BCUT2D eigenvalue weighted by Gasteiger charge is -1.89. The van der Waals surface area contributed by atoms with Gasteiger partial charge in [-0.15, -0.1) is 0 Å². The summed E-state index contributed by atoms with van der Waals surface area (Å²) in [4.78, 5) is 17.2. The van der Waals surface area contributed by atoms with Crippen LogP contribution in [0.25, 0.3) is 0 Å². The quantitative estimate of drug-likeness (QED) is 0.731. The molecule has 1 aromatic heterocycles. The van der Waals surface area contributed by atoms with Crippen molar-refractivity contribution in [3.63, 3.8) is 0 Å². The van der Waals surface area contributed by atoms with E-state index in [0.717, 1.165) is 6.20 Å². The van der Waals surface area contributed by atoms with Gasteiger partial charge in [0.25, 0.3) is 0 Å². The molecule has 0 bridgehead atoms. The first kappa shape index (κ1) is 10.8. The zero-order chi connectivity index (χ0) is 9.56. The normalized spacial score (nSPS) is 8.25. The van der Waals surface area contributed by atoms with Crippen molar-refractivity contribution in [2.24, 2.45) is 0 Å². The van der Waals surface area contributed by atoms with Gasteiger partial charge in [-0.2, -0.15) is 0 Å². The molecule has 0 aliphatic carbocycles. The Hall–Kier alpha value is -1.16. The third-order valence-corrected chi connectivity index (χ3v) is 1.03. The molecule has 0 aliphatic rings. The first-order chi connectivity index (χ1) is 5.70. The number of aromatic nitrogens is 2. The minimum atomic E-state index is -1.11. The highest BCUT2D eigenvalue weighted by atomic mass is 35.5. The molecule has 1 N–H and O–H groups in total. The number of nitrogens with zero attached hydrogens (tertiary/aromatic N) is 2. The molecule has 0 fully saturated rings. The lowest BCUT2D eigenvalue weighted by Crippen LogP contribution is -1.99. The summed E-state index contributed by atoms with van der Waals surface area (Å²) in [5.74, 6) is -1.11. The van der Waals surface area contributed by atoms with Crippen LogP contribution in [0.3, 0.4) is 0 Å². The van der Waals surface area contributed by atoms with E-state index in [2.05, 4.69) is 9.97 Å². The standard InChI is InChI=1S/C5H3ClN2O2.C2H6/c6-4-2-7-3(1-8-4)5(9)10;1-2/h1-2H,(H,9,10);1-2H3. The van der Waals surface area contributed by atoms with Gasteiger partial charge in [-0.3, -0.25) is 0 Å². The fourth-order valence-electron chi connectivity index (χ4n) is 0.423. The van der Waals surface area contributed by atoms with E-state index < -0.39 is 5.97 Å². The summed E-state index contributed by atoms with van der Waals surface area (Å²) in [6, 6.07) is 0. The molecule has 1 heterocycles. The highest BCUT2D eigenvalue weighted by Crippen LogP contribution is 2.00. The number of carboxylic acids is 1. The van der Waals surface area contributed by atoms with Crippen molar-refractivity contribution in [1.29, 1.82) is 0 Å². The van der Waals surface area contributed by atoms with Gasteiger partial charge in [0.1, 0.15) is 5.15 Å². The molecule has 0 aliphatic heterocycles. The Morgan fingerprint density at radius 3 is 2.33 bits per heavy atom. The van der Waals surface area contributed by atoms with Crippen LogP contribution in [-0.4, -0.2) is 21.0 Å². The number of hydrogen-bond donors (Lipinski definition) is 1. The Balaban J connectivity index is 0.000000561. The predicted octanol–water partition coefficient (Wildman–Crippen LogP) is 1.85. The third kappa shape index (κ3) is 3.30. The number of carbonyl (C=O) groups is 1. The SMILES string of the molecule is CC.O=C(O)c1cnc(Cl)cn1. The highest BCUT2D eigenvalue weighted by Gasteiger charge is 2.02. The summed E-state index contributed by atoms with van der Waals surface area (Å²) in [6.07, 6.45) is 2.29. The van der Waals surface area contributed by atoms with Gasteiger partial charge in [0.2, 0.25) is 0 Å². The van der Waals surface area contributed by atoms with E-state index in [1.165, 1.54) is 6.20 Å². The summed E-state index contributed by atoms with van der Waals surface area (Å²) >= 11 is 5.35. The van der Waals surface area contributed by atoms with Crippen LogP contribution < -0.4 is 0 Å². The van der Waals surface area contributed by atoms with Crippen molar-refractivity contribution >= 4 is 17.6 Å². The molecule has 12 heavy (non-hydrogen) atoms. The smallest absolute Gasteiger partial charge is 0.356 e. The molecule has 66 valence electrons. The van der Waals surface area contributed by atoms with E-state index in [1.807, 2.05) is 13.8 Å². The molecule has 0 aromatic carbocycles. The lowest BCUT2D eigenvalue weighted by molar-refractivity contribution is 0.0690. The predicted molar refractivity (Wildman–Crippen MR) is 45.3 cm³/mol. The second-order valence-electron chi connectivity index (χ2n) is 1.53. The molecule has 0 amide bonds. The van der Waals surface area contributed by atoms with Crippen molar-refractivity contribution in [1.82, 2.24) is 9.97 Å². The third-order valence-electron chi connectivity index (χ3n) is 0.839. The van der Waals surface area contributed by atoms with E-state index in [1.54, 1.807) is 0 Å². The monoisotopic (exact) mass is 188 g/mol. The first-order valence-electron chi connectivity index (χ1n) is 3.41. The summed E-state index contributed by atoms with van der Waals surface area (Å²) in [5.41, 5.74) is -0.107. The molecule has 1 rings (SSSR count). The Labute approximate surface area is 75.2 Å². The van der Waals surface area contributed by atoms with E-state index in [9.17, 15) is 4.79 Å². The molecule has 0 radical (unpaired) electrons. The fraction of sp³-hybridized carbons (Fsp3) is 0.286. The maximum atomic E-state index is 10.2. The minimum Gasteiger partial charge on any atom is -0.476 e. The van der Waals surface area contributed by atoms with Gasteiger partial charge in [0.05, 0.1) is 12.4 Å². The van der Waals surface area contributed by atoms with E-state index >= 15 is 0 Å². The Kier molecular flexibility index (Phi) is 4.96. The summed E-state index contributed by atoms with van der Waals surface area (Å²) in [7, 11) is 0. The zero-order valence-corrected chi connectivity index (χ0v) is 7.54. The van der Waals surface area contributed by atoms with Gasteiger partial charge in [-0.25, -0.2) is 14.8 Å². The van der Waals surface area contributed by atoms with Crippen LogP contribution in [0.5, 0.6) is 0 Å². The fourth-order valence-corrected chi connectivity index (χ4v) is 0.520. The highest BCUT2D eigenvalue weighted by molar-refractivity contribution is 6.29. The Morgan fingerprint density at radius 2 is 2.00 bits per heavy atom.